The maximum Gasteiger partial charge on any atom is 0.433 e. The molecule has 1 aliphatic heterocycles. The first-order valence-electron chi connectivity index (χ1n) is 11.0. The summed E-state index contributed by atoms with van der Waals surface area (Å²) in [5.74, 6) is -1.11. The maximum atomic E-state index is 12.3. The lowest BCUT2D eigenvalue weighted by Gasteiger charge is -2.25. The van der Waals surface area contributed by atoms with Crippen LogP contribution in [0.1, 0.15) is 29.5 Å². The van der Waals surface area contributed by atoms with Crippen molar-refractivity contribution in [3.05, 3.63) is 88.4 Å². The molecule has 0 radical (unpaired) electrons. The molecule has 35 heavy (non-hydrogen) atoms. The van der Waals surface area contributed by atoms with Crippen LogP contribution in [0.3, 0.4) is 0 Å². The van der Waals surface area contributed by atoms with Crippen LogP contribution in [-0.4, -0.2) is 44.1 Å². The molecule has 0 atom stereocenters. The van der Waals surface area contributed by atoms with Crippen LogP contribution in [0.15, 0.2) is 71.4 Å². The number of nitrogens with zero attached hydrogens (tertiary/aromatic N) is 4. The standard InChI is InChI=1S/C25H21N5O5/c1-16(31)28-11-8-17(9-12-28)19-10-13-29-21(15-26-23(29)14-19)18-2-4-20(5-3-18)27-25(32)22-6-7-24(35-22)30(33)34/h2-8,10,13-15H,9,11-12H2,1H3,(H,27,32). The number of carbonyl (C=O) groups excluding carboxylic acids is 2. The van der Waals surface area contributed by atoms with Gasteiger partial charge in [-0.25, -0.2) is 4.98 Å². The van der Waals surface area contributed by atoms with Gasteiger partial charge in [0.05, 0.1) is 18.0 Å². The molecule has 0 aliphatic carbocycles. The summed E-state index contributed by atoms with van der Waals surface area (Å²) in [4.78, 5) is 40.2. The van der Waals surface area contributed by atoms with Crippen LogP contribution in [0, 0.1) is 10.1 Å². The van der Waals surface area contributed by atoms with Gasteiger partial charge in [0, 0.05) is 37.5 Å². The van der Waals surface area contributed by atoms with Crippen molar-refractivity contribution >= 4 is 34.6 Å². The number of nitrogens with one attached hydrogen (secondary N) is 1. The largest absolute Gasteiger partial charge is 0.433 e. The zero-order chi connectivity index (χ0) is 24.5. The molecule has 1 aliphatic rings. The smallest absolute Gasteiger partial charge is 0.395 e. The zero-order valence-corrected chi connectivity index (χ0v) is 18.8. The van der Waals surface area contributed by atoms with Gasteiger partial charge in [-0.3, -0.25) is 24.1 Å². The molecule has 1 aromatic carbocycles. The number of amides is 2. The van der Waals surface area contributed by atoms with E-state index in [4.69, 9.17) is 4.42 Å². The highest BCUT2D eigenvalue weighted by atomic mass is 16.6. The van der Waals surface area contributed by atoms with Crippen LogP contribution in [0.25, 0.3) is 22.5 Å². The van der Waals surface area contributed by atoms with E-state index in [1.165, 1.54) is 11.6 Å². The normalized spacial score (nSPS) is 13.5. The fourth-order valence-corrected chi connectivity index (χ4v) is 4.08. The number of aromatic nitrogens is 2. The Bertz CT molecular complexity index is 1480. The summed E-state index contributed by atoms with van der Waals surface area (Å²) in [7, 11) is 0. The van der Waals surface area contributed by atoms with Crippen molar-refractivity contribution in [2.24, 2.45) is 0 Å². The lowest BCUT2D eigenvalue weighted by Crippen LogP contribution is -2.32. The molecule has 0 saturated carbocycles. The van der Waals surface area contributed by atoms with E-state index < -0.39 is 16.7 Å². The first-order valence-corrected chi connectivity index (χ1v) is 11.0. The molecule has 176 valence electrons. The first kappa shape index (κ1) is 22.1. The van der Waals surface area contributed by atoms with Crippen LogP contribution in [0.5, 0.6) is 0 Å². The number of fused-ring (bicyclic) bond motifs is 1. The van der Waals surface area contributed by atoms with Crippen molar-refractivity contribution in [3.8, 4) is 11.3 Å². The lowest BCUT2D eigenvalue weighted by molar-refractivity contribution is -0.402. The molecule has 2 amide bonds. The maximum absolute atomic E-state index is 12.3. The quantitative estimate of drug-likeness (QED) is 0.340. The van der Waals surface area contributed by atoms with Crippen LogP contribution in [0.4, 0.5) is 11.6 Å². The van der Waals surface area contributed by atoms with Gasteiger partial charge in [-0.1, -0.05) is 18.2 Å². The Hall–Kier alpha value is -4.73. The molecule has 0 unspecified atom stereocenters. The minimum atomic E-state index is -0.696. The highest BCUT2D eigenvalue weighted by Gasteiger charge is 2.18. The Morgan fingerprint density at radius 1 is 1.11 bits per heavy atom. The molecule has 4 heterocycles. The van der Waals surface area contributed by atoms with E-state index in [0.29, 0.717) is 18.8 Å². The molecule has 1 N–H and O–H groups in total. The van der Waals surface area contributed by atoms with Crippen LogP contribution < -0.4 is 5.32 Å². The van der Waals surface area contributed by atoms with Crippen molar-refractivity contribution in [2.45, 2.75) is 13.3 Å². The number of carbonyl (C=O) groups is 2. The number of benzene rings is 1. The number of rotatable bonds is 5. The number of furan rings is 1. The van der Waals surface area contributed by atoms with Crippen LogP contribution in [-0.2, 0) is 4.79 Å². The van der Waals surface area contributed by atoms with E-state index in [0.717, 1.165) is 35.0 Å². The highest BCUT2D eigenvalue weighted by molar-refractivity contribution is 6.02. The van der Waals surface area contributed by atoms with Crippen molar-refractivity contribution in [3.63, 3.8) is 0 Å². The fourth-order valence-electron chi connectivity index (χ4n) is 4.08. The number of nitro groups is 1. The summed E-state index contributed by atoms with van der Waals surface area (Å²) in [5.41, 5.74) is 5.44. The van der Waals surface area contributed by atoms with Gasteiger partial charge in [0.1, 0.15) is 10.6 Å². The molecule has 3 aromatic heterocycles. The van der Waals surface area contributed by atoms with Gasteiger partial charge < -0.3 is 14.6 Å². The summed E-state index contributed by atoms with van der Waals surface area (Å²) >= 11 is 0. The van der Waals surface area contributed by atoms with Crippen molar-refractivity contribution in [1.82, 2.24) is 14.3 Å². The van der Waals surface area contributed by atoms with Crippen LogP contribution in [0.2, 0.25) is 0 Å². The summed E-state index contributed by atoms with van der Waals surface area (Å²) in [6.45, 7) is 2.92. The van der Waals surface area contributed by atoms with Gasteiger partial charge in [-0.15, -0.1) is 0 Å². The van der Waals surface area contributed by atoms with E-state index in [2.05, 4.69) is 16.4 Å². The molecular weight excluding hydrogens is 450 g/mol. The number of hydrogen-bond acceptors (Lipinski definition) is 6. The van der Waals surface area contributed by atoms with Crippen molar-refractivity contribution < 1.29 is 18.9 Å². The molecule has 0 spiro atoms. The molecule has 0 saturated heterocycles. The third kappa shape index (κ3) is 4.41. The van der Waals surface area contributed by atoms with E-state index in [1.807, 2.05) is 39.8 Å². The summed E-state index contributed by atoms with van der Waals surface area (Å²) < 4.78 is 6.93. The molecule has 4 aromatic rings. The second kappa shape index (κ2) is 8.90. The zero-order valence-electron chi connectivity index (χ0n) is 18.8. The summed E-state index contributed by atoms with van der Waals surface area (Å²) in [6.07, 6.45) is 6.67. The first-order chi connectivity index (χ1) is 16.9. The fraction of sp³-hybridized carbons (Fsp3) is 0.160. The van der Waals surface area contributed by atoms with E-state index in [1.54, 1.807) is 25.3 Å². The second-order valence-electron chi connectivity index (χ2n) is 8.16. The number of anilines is 1. The topological polar surface area (TPSA) is 123 Å². The predicted molar refractivity (Wildman–Crippen MR) is 129 cm³/mol. The predicted octanol–water partition coefficient (Wildman–Crippen LogP) is 4.39. The summed E-state index contributed by atoms with van der Waals surface area (Å²) in [6, 6.07) is 13.7. The number of hydrogen-bond donors (Lipinski definition) is 1. The SMILES string of the molecule is CC(=O)N1CC=C(c2ccn3c(-c4ccc(NC(=O)c5ccc([N+](=O)[O-])o5)cc4)cnc3c2)CC1. The second-order valence-corrected chi connectivity index (χ2v) is 8.16. The van der Waals surface area contributed by atoms with Crippen molar-refractivity contribution in [1.29, 1.82) is 0 Å². The van der Waals surface area contributed by atoms with Gasteiger partial charge in [0.25, 0.3) is 5.91 Å². The Labute approximate surface area is 199 Å². The Morgan fingerprint density at radius 3 is 2.57 bits per heavy atom. The van der Waals surface area contributed by atoms with Crippen LogP contribution >= 0.6 is 0 Å². The number of imidazole rings is 1. The van der Waals surface area contributed by atoms with Crippen molar-refractivity contribution in [2.75, 3.05) is 18.4 Å². The molecule has 0 fully saturated rings. The third-order valence-corrected chi connectivity index (χ3v) is 5.97. The molecule has 10 heteroatoms. The van der Waals surface area contributed by atoms with Gasteiger partial charge in [0.2, 0.25) is 5.91 Å². The Morgan fingerprint density at radius 2 is 1.91 bits per heavy atom. The monoisotopic (exact) mass is 471 g/mol. The summed E-state index contributed by atoms with van der Waals surface area (Å²) in [5, 5.41) is 13.4. The Balaban J connectivity index is 1.32. The van der Waals surface area contributed by atoms with Gasteiger partial charge in [-0.05, 0) is 47.9 Å². The average Bonchev–Trinajstić information content (AvgIpc) is 3.52. The van der Waals surface area contributed by atoms with E-state index >= 15 is 0 Å². The molecular formula is C25H21N5O5. The van der Waals surface area contributed by atoms with E-state index in [-0.39, 0.29) is 11.7 Å². The minimum absolute atomic E-state index is 0.0872. The Kier molecular flexibility index (Phi) is 5.61. The van der Waals surface area contributed by atoms with Gasteiger partial charge >= 0.3 is 5.88 Å². The van der Waals surface area contributed by atoms with E-state index in [9.17, 15) is 19.7 Å². The minimum Gasteiger partial charge on any atom is -0.395 e. The highest BCUT2D eigenvalue weighted by Crippen LogP contribution is 2.27. The molecule has 0 bridgehead atoms. The number of pyridine rings is 1. The average molecular weight is 471 g/mol. The molecule has 10 nitrogen and oxygen atoms in total. The van der Waals surface area contributed by atoms with Gasteiger partial charge in [0.15, 0.2) is 5.76 Å². The van der Waals surface area contributed by atoms with Gasteiger partial charge in [-0.2, -0.15) is 0 Å². The molecule has 5 rings (SSSR count). The third-order valence-electron chi connectivity index (χ3n) is 5.97. The lowest BCUT2D eigenvalue weighted by atomic mass is 10.0.